The predicted octanol–water partition coefficient (Wildman–Crippen LogP) is 1.53. The van der Waals surface area contributed by atoms with Gasteiger partial charge in [-0.25, -0.2) is 0 Å². The fraction of sp³-hybridized carbons (Fsp3) is 0.300. The number of ether oxygens (including phenoxy) is 1. The molecule has 1 aliphatic rings. The van der Waals surface area contributed by atoms with Gasteiger partial charge in [0.1, 0.15) is 0 Å². The van der Waals surface area contributed by atoms with E-state index < -0.39 is 6.23 Å². The lowest BCUT2D eigenvalue weighted by molar-refractivity contribution is -0.116. The van der Waals surface area contributed by atoms with Crippen molar-refractivity contribution in [2.45, 2.75) is 12.3 Å². The Morgan fingerprint density at radius 2 is 2.14 bits per heavy atom. The van der Waals surface area contributed by atoms with Crippen LogP contribution in [0, 0.1) is 0 Å². The standard InChI is InChI=1S/C10H10ClNO2/c11-8-3-1-7(2-4-8)9-6-14-10(5-13)12-9/h1-5,9-10,12H,6H2/t9-,10?/m0/s1. The highest BCUT2D eigenvalue weighted by molar-refractivity contribution is 6.30. The second-order valence-electron chi connectivity index (χ2n) is 3.16. The monoisotopic (exact) mass is 211 g/mol. The van der Waals surface area contributed by atoms with E-state index in [9.17, 15) is 4.79 Å². The summed E-state index contributed by atoms with van der Waals surface area (Å²) in [4.78, 5) is 10.4. The summed E-state index contributed by atoms with van der Waals surface area (Å²) in [5.74, 6) is 0. The molecule has 0 saturated carbocycles. The molecule has 4 heteroatoms. The molecule has 2 atom stereocenters. The average molecular weight is 212 g/mol. The van der Waals surface area contributed by atoms with E-state index in [2.05, 4.69) is 5.32 Å². The van der Waals surface area contributed by atoms with Crippen LogP contribution in [0.1, 0.15) is 11.6 Å². The number of benzene rings is 1. The lowest BCUT2D eigenvalue weighted by atomic mass is 10.1. The first kappa shape index (κ1) is 9.65. The molecule has 1 aliphatic heterocycles. The minimum Gasteiger partial charge on any atom is -0.354 e. The number of hydrogen-bond acceptors (Lipinski definition) is 3. The Balaban J connectivity index is 2.09. The van der Waals surface area contributed by atoms with Crippen LogP contribution in [0.5, 0.6) is 0 Å². The molecule has 0 radical (unpaired) electrons. The molecular formula is C10H10ClNO2. The fourth-order valence-electron chi connectivity index (χ4n) is 1.46. The SMILES string of the molecule is O=CC1N[C@H](c2ccc(Cl)cc2)CO1. The van der Waals surface area contributed by atoms with Crippen molar-refractivity contribution in [3.05, 3.63) is 34.9 Å². The van der Waals surface area contributed by atoms with Crippen LogP contribution < -0.4 is 5.32 Å². The van der Waals surface area contributed by atoms with Crippen LogP contribution in [0.2, 0.25) is 5.02 Å². The van der Waals surface area contributed by atoms with Crippen molar-refractivity contribution in [2.24, 2.45) is 0 Å². The Morgan fingerprint density at radius 3 is 2.71 bits per heavy atom. The molecule has 0 aromatic heterocycles. The molecule has 1 fully saturated rings. The van der Waals surface area contributed by atoms with E-state index in [4.69, 9.17) is 16.3 Å². The van der Waals surface area contributed by atoms with Gasteiger partial charge >= 0.3 is 0 Å². The molecule has 1 N–H and O–H groups in total. The molecular weight excluding hydrogens is 202 g/mol. The number of hydrogen-bond donors (Lipinski definition) is 1. The van der Waals surface area contributed by atoms with Crippen molar-refractivity contribution in [1.29, 1.82) is 0 Å². The maximum atomic E-state index is 10.4. The number of aldehydes is 1. The Labute approximate surface area is 87.0 Å². The maximum absolute atomic E-state index is 10.4. The predicted molar refractivity (Wildman–Crippen MR) is 53.1 cm³/mol. The van der Waals surface area contributed by atoms with E-state index in [-0.39, 0.29) is 6.04 Å². The van der Waals surface area contributed by atoms with Crippen LogP contribution in [0.25, 0.3) is 0 Å². The third-order valence-electron chi connectivity index (χ3n) is 2.20. The minimum atomic E-state index is -0.476. The Hall–Kier alpha value is -0.900. The second-order valence-corrected chi connectivity index (χ2v) is 3.60. The van der Waals surface area contributed by atoms with Crippen molar-refractivity contribution in [3.8, 4) is 0 Å². The summed E-state index contributed by atoms with van der Waals surface area (Å²) >= 11 is 5.77. The zero-order chi connectivity index (χ0) is 9.97. The minimum absolute atomic E-state index is 0.0856. The van der Waals surface area contributed by atoms with E-state index >= 15 is 0 Å². The lowest BCUT2D eigenvalue weighted by Crippen LogP contribution is -2.26. The van der Waals surface area contributed by atoms with Crippen molar-refractivity contribution >= 4 is 17.9 Å². The molecule has 74 valence electrons. The molecule has 2 rings (SSSR count). The van der Waals surface area contributed by atoms with Gasteiger partial charge in [-0.1, -0.05) is 23.7 Å². The van der Waals surface area contributed by atoms with Crippen molar-refractivity contribution in [3.63, 3.8) is 0 Å². The zero-order valence-electron chi connectivity index (χ0n) is 7.44. The van der Waals surface area contributed by atoms with Gasteiger partial charge in [-0.2, -0.15) is 0 Å². The van der Waals surface area contributed by atoms with Crippen LogP contribution in [0.15, 0.2) is 24.3 Å². The molecule has 0 amide bonds. The van der Waals surface area contributed by atoms with Gasteiger partial charge in [0, 0.05) is 5.02 Å². The quantitative estimate of drug-likeness (QED) is 0.754. The average Bonchev–Trinajstić information content (AvgIpc) is 2.67. The van der Waals surface area contributed by atoms with E-state index in [0.717, 1.165) is 11.8 Å². The fourth-order valence-corrected chi connectivity index (χ4v) is 1.59. The summed E-state index contributed by atoms with van der Waals surface area (Å²) in [5, 5.41) is 3.75. The van der Waals surface area contributed by atoms with Crippen LogP contribution in [-0.2, 0) is 9.53 Å². The van der Waals surface area contributed by atoms with Gasteiger partial charge in [-0.15, -0.1) is 0 Å². The number of rotatable bonds is 2. The number of carbonyl (C=O) groups excluding carboxylic acids is 1. The molecule has 0 bridgehead atoms. The molecule has 1 aromatic carbocycles. The summed E-state index contributed by atoms with van der Waals surface area (Å²) in [6.07, 6.45) is 0.284. The first-order chi connectivity index (χ1) is 6.79. The van der Waals surface area contributed by atoms with Crippen molar-refractivity contribution < 1.29 is 9.53 Å². The molecule has 14 heavy (non-hydrogen) atoms. The number of nitrogens with one attached hydrogen (secondary N) is 1. The zero-order valence-corrected chi connectivity index (χ0v) is 8.20. The van der Waals surface area contributed by atoms with Gasteiger partial charge in [-0.3, -0.25) is 10.1 Å². The molecule has 1 unspecified atom stereocenters. The number of halogens is 1. The molecule has 1 heterocycles. The summed E-state index contributed by atoms with van der Waals surface area (Å²) in [5.41, 5.74) is 1.08. The largest absolute Gasteiger partial charge is 0.354 e. The van der Waals surface area contributed by atoms with E-state index in [1.54, 1.807) is 0 Å². The van der Waals surface area contributed by atoms with Crippen LogP contribution in [-0.4, -0.2) is 19.1 Å². The van der Waals surface area contributed by atoms with Crippen LogP contribution in [0.4, 0.5) is 0 Å². The summed E-state index contributed by atoms with van der Waals surface area (Å²) in [7, 11) is 0. The molecule has 1 saturated heterocycles. The van der Waals surface area contributed by atoms with Crippen LogP contribution in [0.3, 0.4) is 0 Å². The van der Waals surface area contributed by atoms with Gasteiger partial charge in [-0.05, 0) is 17.7 Å². The third kappa shape index (κ3) is 1.95. The van der Waals surface area contributed by atoms with Gasteiger partial charge in [0.2, 0.25) is 0 Å². The van der Waals surface area contributed by atoms with Crippen LogP contribution >= 0.6 is 11.6 Å². The van der Waals surface area contributed by atoms with E-state index in [1.807, 2.05) is 24.3 Å². The molecule has 3 nitrogen and oxygen atoms in total. The molecule has 0 spiro atoms. The Kier molecular flexibility index (Phi) is 2.82. The highest BCUT2D eigenvalue weighted by atomic mass is 35.5. The second kappa shape index (κ2) is 4.09. The topological polar surface area (TPSA) is 38.3 Å². The first-order valence-electron chi connectivity index (χ1n) is 4.38. The number of carbonyl (C=O) groups is 1. The van der Waals surface area contributed by atoms with E-state index in [1.165, 1.54) is 0 Å². The van der Waals surface area contributed by atoms with Gasteiger partial charge in [0.25, 0.3) is 0 Å². The Bertz CT molecular complexity index is 325. The molecule has 0 aliphatic carbocycles. The summed E-state index contributed by atoms with van der Waals surface area (Å²) in [6, 6.07) is 7.59. The normalized spacial score (nSPS) is 26.4. The van der Waals surface area contributed by atoms with Crippen molar-refractivity contribution in [2.75, 3.05) is 6.61 Å². The summed E-state index contributed by atoms with van der Waals surface area (Å²) < 4.78 is 5.19. The lowest BCUT2D eigenvalue weighted by Gasteiger charge is -2.08. The van der Waals surface area contributed by atoms with Gasteiger partial charge in [0.15, 0.2) is 12.5 Å². The Morgan fingerprint density at radius 1 is 1.43 bits per heavy atom. The highest BCUT2D eigenvalue weighted by Gasteiger charge is 2.24. The molecule has 1 aromatic rings. The third-order valence-corrected chi connectivity index (χ3v) is 2.46. The maximum Gasteiger partial charge on any atom is 0.165 e. The first-order valence-corrected chi connectivity index (χ1v) is 4.76. The van der Waals surface area contributed by atoms with E-state index in [0.29, 0.717) is 11.6 Å². The smallest absolute Gasteiger partial charge is 0.165 e. The highest BCUT2D eigenvalue weighted by Crippen LogP contribution is 2.20. The van der Waals surface area contributed by atoms with Gasteiger partial charge < -0.3 is 4.74 Å². The summed E-state index contributed by atoms with van der Waals surface area (Å²) in [6.45, 7) is 0.519. The van der Waals surface area contributed by atoms with Crippen molar-refractivity contribution in [1.82, 2.24) is 5.32 Å². The van der Waals surface area contributed by atoms with Gasteiger partial charge in [0.05, 0.1) is 12.6 Å².